The van der Waals surface area contributed by atoms with Crippen LogP contribution in [-0.4, -0.2) is 30.8 Å². The number of hydrogen-bond donors (Lipinski definition) is 2. The Bertz CT molecular complexity index is 555. The molecule has 28 heavy (non-hydrogen) atoms. The first-order chi connectivity index (χ1) is 12.8. The molecular weight excluding hydrogens is 368 g/mol. The van der Waals surface area contributed by atoms with Gasteiger partial charge in [-0.15, -0.1) is 0 Å². The van der Waals surface area contributed by atoms with Crippen molar-refractivity contribution in [3.63, 3.8) is 0 Å². The Labute approximate surface area is 173 Å². The van der Waals surface area contributed by atoms with Gasteiger partial charge in [0.05, 0.1) is 18.1 Å². The summed E-state index contributed by atoms with van der Waals surface area (Å²) in [7, 11) is -1.96. The number of rotatable bonds is 9. The third-order valence-electron chi connectivity index (χ3n) is 4.99. The average molecular weight is 411 g/mol. The Morgan fingerprint density at radius 3 is 2.04 bits per heavy atom. The van der Waals surface area contributed by atoms with Gasteiger partial charge in [0, 0.05) is 0 Å². The van der Waals surface area contributed by atoms with E-state index < -0.39 is 13.9 Å². The summed E-state index contributed by atoms with van der Waals surface area (Å²) in [5.74, 6) is 0.477. The molecule has 0 radical (unpaired) electrons. The summed E-state index contributed by atoms with van der Waals surface area (Å²) in [6, 6.07) is 9.05. The van der Waals surface area contributed by atoms with Gasteiger partial charge in [-0.3, -0.25) is 4.79 Å². The molecule has 1 aromatic rings. The van der Waals surface area contributed by atoms with Crippen LogP contribution in [0.5, 0.6) is 0 Å². The normalized spacial score (nSPS) is 13.9. The minimum Gasteiger partial charge on any atom is -0.465 e. The van der Waals surface area contributed by atoms with Gasteiger partial charge in [0.15, 0.2) is 8.32 Å². The minimum atomic E-state index is -1.96. The maximum absolute atomic E-state index is 11.2. The largest absolute Gasteiger partial charge is 0.465 e. The molecule has 0 heterocycles. The van der Waals surface area contributed by atoms with Crippen LogP contribution in [0.2, 0.25) is 19.1 Å². The zero-order valence-electron chi connectivity index (χ0n) is 19.2. The fourth-order valence-electron chi connectivity index (χ4n) is 2.44. The summed E-state index contributed by atoms with van der Waals surface area (Å²) in [5.41, 5.74) is 1.60. The van der Waals surface area contributed by atoms with Crippen molar-refractivity contribution in [2.24, 2.45) is 5.92 Å². The number of ether oxygens (including phenoxy) is 1. The maximum Gasteiger partial charge on any atom is 0.308 e. The number of hydrogen-bond acceptors (Lipinski definition) is 4. The van der Waals surface area contributed by atoms with E-state index in [4.69, 9.17) is 4.74 Å². The Morgan fingerprint density at radius 1 is 1.11 bits per heavy atom. The first kappa shape index (κ1) is 26.8. The Balaban J connectivity index is 0.000000521. The van der Waals surface area contributed by atoms with Gasteiger partial charge in [-0.25, -0.2) is 0 Å². The molecule has 5 heteroatoms. The molecule has 4 nitrogen and oxygen atoms in total. The fraction of sp³-hybridized carbons (Fsp3) is 0.696. The van der Waals surface area contributed by atoms with Gasteiger partial charge in [0.2, 0.25) is 0 Å². The molecule has 0 spiro atoms. The second-order valence-electron chi connectivity index (χ2n) is 8.88. The molecule has 162 valence electrons. The highest BCUT2D eigenvalue weighted by molar-refractivity contribution is 6.69. The van der Waals surface area contributed by atoms with Crippen LogP contribution in [-0.2, 0) is 15.1 Å². The average Bonchev–Trinajstić information content (AvgIpc) is 2.62. The Hall–Kier alpha value is -1.17. The molecule has 0 saturated carbocycles. The predicted molar refractivity (Wildman–Crippen MR) is 120 cm³/mol. The number of benzene rings is 1. The lowest BCUT2D eigenvalue weighted by Crippen LogP contribution is -2.25. The molecular formula is C23H42O4Si. The zero-order valence-corrected chi connectivity index (χ0v) is 20.2. The van der Waals surface area contributed by atoms with Crippen LogP contribution in [0.1, 0.15) is 77.8 Å². The number of esters is 1. The third kappa shape index (κ3) is 11.6. The molecule has 2 N–H and O–H groups in total. The topological polar surface area (TPSA) is 66.8 Å². The van der Waals surface area contributed by atoms with Crippen LogP contribution in [0.4, 0.5) is 0 Å². The SMILES string of the molecule is CCC(C)C(=O)OCCC[Si](C)(C)O.CCC(C)c1ccc(C(C)(C)O)cc1. The highest BCUT2D eigenvalue weighted by atomic mass is 28.4. The quantitative estimate of drug-likeness (QED) is 0.316. The van der Waals surface area contributed by atoms with Crippen molar-refractivity contribution < 1.29 is 19.4 Å². The molecule has 0 aliphatic carbocycles. The smallest absolute Gasteiger partial charge is 0.308 e. The van der Waals surface area contributed by atoms with Crippen molar-refractivity contribution in [1.29, 1.82) is 0 Å². The lowest BCUT2D eigenvalue weighted by atomic mass is 9.93. The molecule has 0 aliphatic rings. The second-order valence-corrected chi connectivity index (χ2v) is 13.0. The van der Waals surface area contributed by atoms with Gasteiger partial charge in [-0.2, -0.15) is 0 Å². The van der Waals surface area contributed by atoms with Gasteiger partial charge in [-0.05, 0) is 69.3 Å². The first-order valence-corrected chi connectivity index (χ1v) is 13.7. The lowest BCUT2D eigenvalue weighted by Gasteiger charge is -2.18. The Kier molecular flexibility index (Phi) is 11.9. The van der Waals surface area contributed by atoms with Gasteiger partial charge < -0.3 is 14.6 Å². The molecule has 0 saturated heterocycles. The van der Waals surface area contributed by atoms with Crippen LogP contribution in [0.3, 0.4) is 0 Å². The molecule has 0 aromatic heterocycles. The highest BCUT2D eigenvalue weighted by Gasteiger charge is 2.17. The van der Waals surface area contributed by atoms with E-state index in [1.165, 1.54) is 5.56 Å². The predicted octanol–water partition coefficient (Wildman–Crippen LogP) is 5.59. The van der Waals surface area contributed by atoms with E-state index in [1.54, 1.807) is 0 Å². The number of aliphatic hydroxyl groups is 1. The monoisotopic (exact) mass is 410 g/mol. The molecule has 0 aliphatic heterocycles. The van der Waals surface area contributed by atoms with Crippen molar-refractivity contribution >= 4 is 14.3 Å². The molecule has 0 amide bonds. The van der Waals surface area contributed by atoms with Gasteiger partial charge >= 0.3 is 5.97 Å². The van der Waals surface area contributed by atoms with E-state index in [-0.39, 0.29) is 11.9 Å². The first-order valence-electron chi connectivity index (χ1n) is 10.5. The van der Waals surface area contributed by atoms with Crippen molar-refractivity contribution in [2.75, 3.05) is 6.61 Å². The molecule has 1 rings (SSSR count). The van der Waals surface area contributed by atoms with Crippen molar-refractivity contribution in [2.45, 2.75) is 91.5 Å². The van der Waals surface area contributed by atoms with E-state index in [0.29, 0.717) is 12.5 Å². The van der Waals surface area contributed by atoms with E-state index in [2.05, 4.69) is 26.0 Å². The summed E-state index contributed by atoms with van der Waals surface area (Å²) in [6.07, 6.45) is 2.75. The molecule has 2 atom stereocenters. The summed E-state index contributed by atoms with van der Waals surface area (Å²) in [6.45, 7) is 16.1. The summed E-state index contributed by atoms with van der Waals surface area (Å²) in [4.78, 5) is 20.8. The maximum atomic E-state index is 11.2. The van der Waals surface area contributed by atoms with E-state index >= 15 is 0 Å². The molecule has 0 fully saturated rings. The van der Waals surface area contributed by atoms with E-state index in [0.717, 1.165) is 30.9 Å². The van der Waals surface area contributed by atoms with Crippen LogP contribution in [0.15, 0.2) is 24.3 Å². The molecule has 0 bridgehead atoms. The fourth-order valence-corrected chi connectivity index (χ4v) is 3.45. The van der Waals surface area contributed by atoms with Gasteiger partial charge in [0.25, 0.3) is 0 Å². The Morgan fingerprint density at radius 2 is 1.64 bits per heavy atom. The van der Waals surface area contributed by atoms with Crippen molar-refractivity contribution in [3.05, 3.63) is 35.4 Å². The highest BCUT2D eigenvalue weighted by Crippen LogP contribution is 2.23. The second kappa shape index (κ2) is 12.4. The summed E-state index contributed by atoms with van der Waals surface area (Å²) >= 11 is 0. The zero-order chi connectivity index (χ0) is 22.0. The number of carbonyl (C=O) groups excluding carboxylic acids is 1. The minimum absolute atomic E-state index is 0.00520. The van der Waals surface area contributed by atoms with Crippen LogP contribution in [0.25, 0.3) is 0 Å². The molecule has 1 aromatic carbocycles. The standard InChI is InChI=1S/C13H20O.C10H22O3Si/c1-5-10(2)11-6-8-12(9-7-11)13(3,4)14;1-5-9(2)10(11)13-7-6-8-14(3,4)12/h6-10,14H,5H2,1-4H3;9,12H,5-8H2,1-4H3. The van der Waals surface area contributed by atoms with Crippen molar-refractivity contribution in [3.8, 4) is 0 Å². The summed E-state index contributed by atoms with van der Waals surface area (Å²) < 4.78 is 5.06. The molecule has 2 unspecified atom stereocenters. The van der Waals surface area contributed by atoms with E-state index in [1.807, 2.05) is 52.9 Å². The van der Waals surface area contributed by atoms with Crippen LogP contribution in [0, 0.1) is 5.92 Å². The number of carbonyl (C=O) groups is 1. The third-order valence-corrected chi connectivity index (χ3v) is 6.57. The van der Waals surface area contributed by atoms with Crippen LogP contribution < -0.4 is 0 Å². The lowest BCUT2D eigenvalue weighted by molar-refractivity contribution is -0.148. The van der Waals surface area contributed by atoms with Crippen LogP contribution >= 0.6 is 0 Å². The summed E-state index contributed by atoms with van der Waals surface area (Å²) in [5, 5.41) is 9.78. The van der Waals surface area contributed by atoms with Crippen molar-refractivity contribution in [1.82, 2.24) is 0 Å². The van der Waals surface area contributed by atoms with Gasteiger partial charge in [0.1, 0.15) is 0 Å². The van der Waals surface area contributed by atoms with Gasteiger partial charge in [-0.1, -0.05) is 52.0 Å². The van der Waals surface area contributed by atoms with E-state index in [9.17, 15) is 14.7 Å².